The van der Waals surface area contributed by atoms with Gasteiger partial charge in [0.2, 0.25) is 0 Å². The van der Waals surface area contributed by atoms with Crippen molar-refractivity contribution in [2.24, 2.45) is 10.2 Å². The number of aromatic nitrogens is 2. The van der Waals surface area contributed by atoms with Crippen LogP contribution in [0.3, 0.4) is 0 Å². The number of nitrogens with zero attached hydrogens (tertiary/aromatic N) is 5. The van der Waals surface area contributed by atoms with Crippen LogP contribution < -0.4 is 5.32 Å². The van der Waals surface area contributed by atoms with Gasteiger partial charge in [-0.3, -0.25) is 0 Å². The predicted octanol–water partition coefficient (Wildman–Crippen LogP) is 5.68. The van der Waals surface area contributed by atoms with Crippen LogP contribution in [0, 0.1) is 11.3 Å². The fourth-order valence-corrected chi connectivity index (χ4v) is 2.46. The van der Waals surface area contributed by atoms with Gasteiger partial charge in [0.1, 0.15) is 11.0 Å². The van der Waals surface area contributed by atoms with E-state index in [4.69, 9.17) is 28.5 Å². The number of hydrogen-bond donors (Lipinski definition) is 1. The van der Waals surface area contributed by atoms with E-state index in [0.717, 1.165) is 11.3 Å². The average molecular weight is 383 g/mol. The maximum atomic E-state index is 8.79. The molecule has 0 radical (unpaired) electrons. The van der Waals surface area contributed by atoms with Gasteiger partial charge in [-0.2, -0.15) is 20.3 Å². The molecule has 0 amide bonds. The van der Waals surface area contributed by atoms with Crippen molar-refractivity contribution in [3.8, 4) is 6.07 Å². The summed E-state index contributed by atoms with van der Waals surface area (Å²) in [5, 5.41) is 20.8. The third-order valence-corrected chi connectivity index (χ3v) is 3.71. The maximum Gasteiger partial charge on any atom is 0.271 e. The number of nitrogens with one attached hydrogen (secondary N) is 1. The lowest BCUT2D eigenvalue weighted by molar-refractivity contribution is 0.927. The number of rotatable bonds is 5. The second kappa shape index (κ2) is 8.39. The van der Waals surface area contributed by atoms with Gasteiger partial charge >= 0.3 is 0 Å². The highest BCUT2D eigenvalue weighted by Crippen LogP contribution is 2.22. The lowest BCUT2D eigenvalue weighted by Gasteiger charge is -2.06. The summed E-state index contributed by atoms with van der Waals surface area (Å²) in [5.74, 6) is 0.635. The molecule has 1 aromatic heterocycles. The number of halogens is 2. The zero-order chi connectivity index (χ0) is 18.4. The summed E-state index contributed by atoms with van der Waals surface area (Å²) in [4.78, 5) is 8.30. The Balaban J connectivity index is 1.71. The van der Waals surface area contributed by atoms with Crippen molar-refractivity contribution in [3.63, 3.8) is 0 Å². The Hall–Kier alpha value is -3.01. The van der Waals surface area contributed by atoms with Crippen molar-refractivity contribution >= 4 is 40.7 Å². The first-order valence-corrected chi connectivity index (χ1v) is 8.32. The zero-order valence-electron chi connectivity index (χ0n) is 13.4. The minimum Gasteiger partial charge on any atom is -0.340 e. The predicted molar refractivity (Wildman–Crippen MR) is 101 cm³/mol. The van der Waals surface area contributed by atoms with Crippen molar-refractivity contribution < 1.29 is 0 Å². The van der Waals surface area contributed by atoms with E-state index < -0.39 is 0 Å². The third-order valence-electron chi connectivity index (χ3n) is 3.28. The quantitative estimate of drug-likeness (QED) is 0.453. The summed E-state index contributed by atoms with van der Waals surface area (Å²) >= 11 is 12.0. The van der Waals surface area contributed by atoms with Gasteiger partial charge in [-0.15, -0.1) is 5.11 Å². The van der Waals surface area contributed by atoms with Crippen molar-refractivity contribution in [3.05, 3.63) is 75.9 Å². The highest BCUT2D eigenvalue weighted by atomic mass is 35.5. The molecule has 6 nitrogen and oxygen atoms in total. The molecule has 0 atom stereocenters. The molecule has 0 bridgehead atoms. The summed E-state index contributed by atoms with van der Waals surface area (Å²) in [7, 11) is 0. The van der Waals surface area contributed by atoms with Crippen LogP contribution in [0.25, 0.3) is 0 Å². The van der Waals surface area contributed by atoms with E-state index in [-0.39, 0.29) is 11.1 Å². The molecule has 3 aromatic rings. The molecule has 1 N–H and O–H groups in total. The van der Waals surface area contributed by atoms with E-state index in [1.165, 1.54) is 0 Å². The molecule has 0 unspecified atom stereocenters. The van der Waals surface area contributed by atoms with Gasteiger partial charge in [0.15, 0.2) is 0 Å². The number of nitriles is 1. The van der Waals surface area contributed by atoms with E-state index in [9.17, 15) is 0 Å². The fourth-order valence-electron chi connectivity index (χ4n) is 2.09. The molecule has 0 aliphatic heterocycles. The first kappa shape index (κ1) is 17.8. The van der Waals surface area contributed by atoms with Crippen molar-refractivity contribution in [2.45, 2.75) is 6.54 Å². The van der Waals surface area contributed by atoms with Gasteiger partial charge in [-0.05, 0) is 35.9 Å². The van der Waals surface area contributed by atoms with Crippen LogP contribution in [0.2, 0.25) is 10.2 Å². The molecule has 1 heterocycles. The first-order valence-electron chi connectivity index (χ1n) is 7.56. The first-order chi connectivity index (χ1) is 12.6. The SMILES string of the molecule is N#Cc1ccc(CN=Nc2nc(Cl)cc(Nc3cccc(Cl)c3)n2)cc1. The summed E-state index contributed by atoms with van der Waals surface area (Å²) in [6, 6.07) is 18.0. The molecule has 128 valence electrons. The second-order valence-corrected chi connectivity index (χ2v) is 6.04. The van der Waals surface area contributed by atoms with Crippen LogP contribution in [0.1, 0.15) is 11.1 Å². The van der Waals surface area contributed by atoms with E-state index in [0.29, 0.717) is 22.9 Å². The highest BCUT2D eigenvalue weighted by Gasteiger charge is 2.04. The molecule has 3 rings (SSSR count). The smallest absolute Gasteiger partial charge is 0.271 e. The molecule has 0 aliphatic rings. The molecule has 0 aliphatic carbocycles. The van der Waals surface area contributed by atoms with E-state index >= 15 is 0 Å². The summed E-state index contributed by atoms with van der Waals surface area (Å²) < 4.78 is 0. The highest BCUT2D eigenvalue weighted by molar-refractivity contribution is 6.31. The summed E-state index contributed by atoms with van der Waals surface area (Å²) in [6.45, 7) is 0.346. The summed E-state index contributed by atoms with van der Waals surface area (Å²) in [5.41, 5.74) is 2.29. The van der Waals surface area contributed by atoms with Crippen LogP contribution in [0.15, 0.2) is 64.8 Å². The van der Waals surface area contributed by atoms with Gasteiger partial charge in [0.25, 0.3) is 5.95 Å². The minimum absolute atomic E-state index is 0.149. The van der Waals surface area contributed by atoms with Gasteiger partial charge < -0.3 is 5.32 Å². The Morgan fingerprint density at radius 3 is 2.58 bits per heavy atom. The van der Waals surface area contributed by atoms with Crippen LogP contribution >= 0.6 is 23.2 Å². The Morgan fingerprint density at radius 2 is 1.85 bits per heavy atom. The lowest BCUT2D eigenvalue weighted by Crippen LogP contribution is -1.95. The number of azo groups is 1. The molecule has 2 aromatic carbocycles. The molecular weight excluding hydrogens is 371 g/mol. The topological polar surface area (TPSA) is 86.3 Å². The number of hydrogen-bond acceptors (Lipinski definition) is 6. The van der Waals surface area contributed by atoms with E-state index in [1.54, 1.807) is 30.3 Å². The monoisotopic (exact) mass is 382 g/mol. The third kappa shape index (κ3) is 4.99. The van der Waals surface area contributed by atoms with E-state index in [2.05, 4.69) is 31.6 Å². The van der Waals surface area contributed by atoms with Gasteiger partial charge in [-0.25, -0.2) is 0 Å². The Morgan fingerprint density at radius 1 is 1.04 bits per heavy atom. The molecule has 0 saturated heterocycles. The van der Waals surface area contributed by atoms with Crippen LogP contribution in [0.4, 0.5) is 17.5 Å². The van der Waals surface area contributed by atoms with Gasteiger partial charge in [-0.1, -0.05) is 41.4 Å². The van der Waals surface area contributed by atoms with Crippen LogP contribution in [-0.4, -0.2) is 9.97 Å². The van der Waals surface area contributed by atoms with Crippen LogP contribution in [-0.2, 0) is 6.54 Å². The normalized spacial score (nSPS) is 10.7. The molecule has 8 heteroatoms. The van der Waals surface area contributed by atoms with Crippen LogP contribution in [0.5, 0.6) is 0 Å². The zero-order valence-corrected chi connectivity index (χ0v) is 14.9. The van der Waals surface area contributed by atoms with Crippen molar-refractivity contribution in [2.75, 3.05) is 5.32 Å². The Kier molecular flexibility index (Phi) is 5.74. The number of benzene rings is 2. The maximum absolute atomic E-state index is 8.79. The minimum atomic E-state index is 0.149. The van der Waals surface area contributed by atoms with E-state index in [1.807, 2.05) is 24.3 Å². The second-order valence-electron chi connectivity index (χ2n) is 5.22. The molecular formula is C18H12Cl2N6. The molecule has 0 saturated carbocycles. The van der Waals surface area contributed by atoms with Crippen molar-refractivity contribution in [1.82, 2.24) is 9.97 Å². The number of anilines is 2. The standard InChI is InChI=1S/C18H12Cl2N6/c19-14-2-1-3-15(8-14)23-17-9-16(20)24-18(25-17)26-22-11-13-6-4-12(10-21)5-7-13/h1-9H,11H2,(H,23,24,25). The van der Waals surface area contributed by atoms with Gasteiger partial charge in [0.05, 0.1) is 18.2 Å². The van der Waals surface area contributed by atoms with Crippen molar-refractivity contribution in [1.29, 1.82) is 5.26 Å². The molecule has 0 fully saturated rings. The molecule has 26 heavy (non-hydrogen) atoms. The fraction of sp³-hybridized carbons (Fsp3) is 0.0556. The van der Waals surface area contributed by atoms with Gasteiger partial charge in [0, 0.05) is 16.8 Å². The largest absolute Gasteiger partial charge is 0.340 e. The lowest BCUT2D eigenvalue weighted by atomic mass is 10.1. The summed E-state index contributed by atoms with van der Waals surface area (Å²) in [6.07, 6.45) is 0. The molecule has 0 spiro atoms. The Labute approximate surface area is 160 Å². The Bertz CT molecular complexity index is 980. The average Bonchev–Trinajstić information content (AvgIpc) is 2.62.